The van der Waals surface area contributed by atoms with Crippen LogP contribution in [0.25, 0.3) is 11.3 Å². The van der Waals surface area contributed by atoms with Crippen LogP contribution in [0.3, 0.4) is 0 Å². The maximum Gasteiger partial charge on any atom is 0.254 e. The third-order valence-corrected chi connectivity index (χ3v) is 5.76. The van der Waals surface area contributed by atoms with E-state index in [-0.39, 0.29) is 23.7 Å². The number of furan rings is 1. The SMILES string of the molecule is CO[C@]12CC[C@@H](O)C[C@H]1N(C(=O)c1ccc(-c3ccco3)cc1)CC2. The van der Waals surface area contributed by atoms with Crippen molar-refractivity contribution in [1.29, 1.82) is 0 Å². The van der Waals surface area contributed by atoms with Crippen LogP contribution < -0.4 is 0 Å². The van der Waals surface area contributed by atoms with Crippen LogP contribution >= 0.6 is 0 Å². The fourth-order valence-electron chi connectivity index (χ4n) is 4.31. The van der Waals surface area contributed by atoms with Crippen molar-refractivity contribution in [2.24, 2.45) is 0 Å². The second-order valence-electron chi connectivity index (χ2n) is 7.02. The smallest absolute Gasteiger partial charge is 0.254 e. The number of aliphatic hydroxyl groups excluding tert-OH is 1. The van der Waals surface area contributed by atoms with E-state index in [2.05, 4.69) is 0 Å². The quantitative estimate of drug-likeness (QED) is 0.932. The van der Waals surface area contributed by atoms with E-state index in [9.17, 15) is 9.90 Å². The van der Waals surface area contributed by atoms with Crippen molar-refractivity contribution >= 4 is 5.91 Å². The van der Waals surface area contributed by atoms with Crippen LogP contribution in [0.15, 0.2) is 47.1 Å². The third kappa shape index (κ3) is 2.77. The van der Waals surface area contributed by atoms with Crippen LogP contribution in [0.1, 0.15) is 36.0 Å². The standard InChI is InChI=1S/C20H23NO4/c1-24-20-9-8-16(22)13-18(20)21(11-10-20)19(23)15-6-4-14(5-7-15)17-3-2-12-25-17/h2-7,12,16,18,22H,8-11,13H2,1H3/t16-,18-,20+/m1/s1. The molecule has 132 valence electrons. The summed E-state index contributed by atoms with van der Waals surface area (Å²) in [5.74, 6) is 0.790. The maximum atomic E-state index is 13.0. The highest BCUT2D eigenvalue weighted by molar-refractivity contribution is 5.95. The first-order valence-corrected chi connectivity index (χ1v) is 8.81. The van der Waals surface area contributed by atoms with Crippen molar-refractivity contribution in [2.45, 2.75) is 43.4 Å². The number of aliphatic hydroxyl groups is 1. The van der Waals surface area contributed by atoms with Gasteiger partial charge in [-0.1, -0.05) is 12.1 Å². The fourth-order valence-corrected chi connectivity index (χ4v) is 4.31. The zero-order chi connectivity index (χ0) is 17.4. The number of likely N-dealkylation sites (tertiary alicyclic amines) is 1. The second kappa shape index (κ2) is 6.32. The molecule has 1 aromatic heterocycles. The number of rotatable bonds is 3. The summed E-state index contributed by atoms with van der Waals surface area (Å²) in [5.41, 5.74) is 1.30. The normalized spacial score (nSPS) is 28.8. The molecule has 0 radical (unpaired) electrons. The van der Waals surface area contributed by atoms with Gasteiger partial charge in [-0.05, 0) is 49.9 Å². The Morgan fingerprint density at radius 1 is 1.28 bits per heavy atom. The van der Waals surface area contributed by atoms with Gasteiger partial charge in [0.15, 0.2) is 0 Å². The van der Waals surface area contributed by atoms with Crippen LogP contribution in [-0.4, -0.2) is 47.3 Å². The third-order valence-electron chi connectivity index (χ3n) is 5.76. The Kier molecular flexibility index (Phi) is 4.13. The van der Waals surface area contributed by atoms with Gasteiger partial charge >= 0.3 is 0 Å². The lowest BCUT2D eigenvalue weighted by atomic mass is 9.79. The molecule has 3 atom stereocenters. The van der Waals surface area contributed by atoms with Gasteiger partial charge in [0.1, 0.15) is 5.76 Å². The number of hydrogen-bond donors (Lipinski definition) is 1. The Labute approximate surface area is 147 Å². The molecule has 1 aliphatic heterocycles. The summed E-state index contributed by atoms with van der Waals surface area (Å²) in [6, 6.07) is 11.2. The number of ether oxygens (including phenoxy) is 1. The first-order chi connectivity index (χ1) is 12.1. The van der Waals surface area contributed by atoms with Gasteiger partial charge in [0.05, 0.1) is 24.0 Å². The predicted molar refractivity (Wildman–Crippen MR) is 93.2 cm³/mol. The van der Waals surface area contributed by atoms with E-state index in [1.165, 1.54) is 0 Å². The Morgan fingerprint density at radius 3 is 2.76 bits per heavy atom. The monoisotopic (exact) mass is 341 g/mol. The first-order valence-electron chi connectivity index (χ1n) is 8.81. The molecule has 1 saturated heterocycles. The number of hydrogen-bond acceptors (Lipinski definition) is 4. The molecule has 1 N–H and O–H groups in total. The van der Waals surface area contributed by atoms with Crippen molar-refractivity contribution in [3.05, 3.63) is 48.2 Å². The van der Waals surface area contributed by atoms with Crippen molar-refractivity contribution in [1.82, 2.24) is 4.90 Å². The molecular formula is C20H23NO4. The molecule has 2 aromatic rings. The topological polar surface area (TPSA) is 62.9 Å². The lowest BCUT2D eigenvalue weighted by molar-refractivity contribution is -0.0824. The Morgan fingerprint density at radius 2 is 2.08 bits per heavy atom. The lowest BCUT2D eigenvalue weighted by Crippen LogP contribution is -2.52. The van der Waals surface area contributed by atoms with Gasteiger partial charge in [-0.3, -0.25) is 4.79 Å². The first kappa shape index (κ1) is 16.4. The molecule has 2 heterocycles. The van der Waals surface area contributed by atoms with Gasteiger partial charge < -0.3 is 19.2 Å². The molecule has 1 aromatic carbocycles. The summed E-state index contributed by atoms with van der Waals surface area (Å²) in [4.78, 5) is 14.9. The van der Waals surface area contributed by atoms with Crippen LogP contribution in [0.2, 0.25) is 0 Å². The zero-order valence-electron chi connectivity index (χ0n) is 14.4. The number of benzene rings is 1. The van der Waals surface area contributed by atoms with E-state index >= 15 is 0 Å². The van der Waals surface area contributed by atoms with Gasteiger partial charge in [0.2, 0.25) is 0 Å². The Balaban J connectivity index is 1.56. The van der Waals surface area contributed by atoms with E-state index in [1.807, 2.05) is 41.3 Å². The Bertz CT molecular complexity index is 740. The van der Waals surface area contributed by atoms with Crippen molar-refractivity contribution < 1.29 is 19.1 Å². The molecule has 4 rings (SSSR count). The summed E-state index contributed by atoms with van der Waals surface area (Å²) in [6.45, 7) is 0.671. The summed E-state index contributed by atoms with van der Waals surface area (Å²) in [5, 5.41) is 10.1. The molecular weight excluding hydrogens is 318 g/mol. The minimum Gasteiger partial charge on any atom is -0.464 e. The lowest BCUT2D eigenvalue weighted by Gasteiger charge is -2.42. The highest BCUT2D eigenvalue weighted by atomic mass is 16.5. The number of amides is 1. The van der Waals surface area contributed by atoms with Gasteiger partial charge in [-0.2, -0.15) is 0 Å². The highest BCUT2D eigenvalue weighted by Crippen LogP contribution is 2.43. The summed E-state index contributed by atoms with van der Waals surface area (Å²) in [7, 11) is 1.72. The number of fused-ring (bicyclic) bond motifs is 1. The van der Waals surface area contributed by atoms with Crippen LogP contribution in [-0.2, 0) is 4.74 Å². The molecule has 0 unspecified atom stereocenters. The predicted octanol–water partition coefficient (Wildman–Crippen LogP) is 3.09. The molecule has 0 bridgehead atoms. The molecule has 2 aliphatic rings. The van der Waals surface area contributed by atoms with Crippen LogP contribution in [0, 0.1) is 0 Å². The summed E-state index contributed by atoms with van der Waals surface area (Å²) >= 11 is 0. The van der Waals surface area contributed by atoms with Crippen LogP contribution in [0.4, 0.5) is 0 Å². The van der Waals surface area contributed by atoms with Crippen molar-refractivity contribution in [2.75, 3.05) is 13.7 Å². The molecule has 1 saturated carbocycles. The molecule has 25 heavy (non-hydrogen) atoms. The number of carbonyl (C=O) groups excluding carboxylic acids is 1. The molecule has 0 spiro atoms. The molecule has 1 aliphatic carbocycles. The highest BCUT2D eigenvalue weighted by Gasteiger charge is 2.52. The largest absolute Gasteiger partial charge is 0.464 e. The van der Waals surface area contributed by atoms with Crippen molar-refractivity contribution in [3.8, 4) is 11.3 Å². The summed E-state index contributed by atoms with van der Waals surface area (Å²) in [6.07, 6.45) is 4.24. The average Bonchev–Trinajstić information content (AvgIpc) is 3.30. The van der Waals surface area contributed by atoms with Gasteiger partial charge in [0.25, 0.3) is 5.91 Å². The molecule has 1 amide bonds. The van der Waals surface area contributed by atoms with Gasteiger partial charge in [0, 0.05) is 24.8 Å². The number of nitrogens with zero attached hydrogens (tertiary/aromatic N) is 1. The van der Waals surface area contributed by atoms with Gasteiger partial charge in [-0.25, -0.2) is 0 Å². The van der Waals surface area contributed by atoms with E-state index in [4.69, 9.17) is 9.15 Å². The van der Waals surface area contributed by atoms with Crippen molar-refractivity contribution in [3.63, 3.8) is 0 Å². The van der Waals surface area contributed by atoms with E-state index < -0.39 is 0 Å². The zero-order valence-corrected chi connectivity index (χ0v) is 14.4. The maximum absolute atomic E-state index is 13.0. The molecule has 5 heteroatoms. The minimum absolute atomic E-state index is 0.00372. The van der Waals surface area contributed by atoms with E-state index in [1.54, 1.807) is 13.4 Å². The fraction of sp³-hybridized carbons (Fsp3) is 0.450. The number of methoxy groups -OCH3 is 1. The average molecular weight is 341 g/mol. The second-order valence-corrected chi connectivity index (χ2v) is 7.02. The molecule has 2 fully saturated rings. The van der Waals surface area contributed by atoms with Crippen LogP contribution in [0.5, 0.6) is 0 Å². The minimum atomic E-state index is -0.358. The van der Waals surface area contributed by atoms with E-state index in [0.29, 0.717) is 18.5 Å². The number of carbonyl (C=O) groups is 1. The van der Waals surface area contributed by atoms with Gasteiger partial charge in [-0.15, -0.1) is 0 Å². The van der Waals surface area contributed by atoms with E-state index in [0.717, 1.165) is 30.6 Å². The molecule has 5 nitrogen and oxygen atoms in total. The summed E-state index contributed by atoms with van der Waals surface area (Å²) < 4.78 is 11.2. The Hall–Kier alpha value is -2.11.